The van der Waals surface area contributed by atoms with E-state index in [1.54, 1.807) is 7.05 Å². The molecule has 0 aliphatic carbocycles. The molecule has 0 spiro atoms. The van der Waals surface area contributed by atoms with E-state index in [2.05, 4.69) is 5.32 Å². The fourth-order valence-corrected chi connectivity index (χ4v) is 2.74. The largest absolute Gasteiger partial charge is 0.379 e. The van der Waals surface area contributed by atoms with Gasteiger partial charge in [-0.1, -0.05) is 30.3 Å². The first-order valence-corrected chi connectivity index (χ1v) is 7.43. The van der Waals surface area contributed by atoms with Crippen LogP contribution in [0.15, 0.2) is 30.3 Å². The minimum absolute atomic E-state index is 0.194. The lowest BCUT2D eigenvalue weighted by Crippen LogP contribution is -2.52. The van der Waals surface area contributed by atoms with Gasteiger partial charge in [-0.3, -0.25) is 4.79 Å². The third kappa shape index (κ3) is 3.81. The molecular formula is C16H24N2O3. The van der Waals surface area contributed by atoms with Gasteiger partial charge < -0.3 is 20.5 Å². The predicted octanol–water partition coefficient (Wildman–Crippen LogP) is 1.17. The van der Waals surface area contributed by atoms with E-state index in [1.807, 2.05) is 30.3 Å². The number of primary amides is 1. The number of hydrogen-bond acceptors (Lipinski definition) is 4. The summed E-state index contributed by atoms with van der Waals surface area (Å²) in [6.07, 6.45) is 2.83. The zero-order chi connectivity index (χ0) is 15.1. The van der Waals surface area contributed by atoms with Gasteiger partial charge in [0.15, 0.2) is 0 Å². The van der Waals surface area contributed by atoms with Crippen molar-refractivity contribution in [1.29, 1.82) is 0 Å². The molecule has 1 amide bonds. The zero-order valence-electron chi connectivity index (χ0n) is 12.5. The Bertz CT molecular complexity index is 446. The van der Waals surface area contributed by atoms with Gasteiger partial charge in [0, 0.05) is 19.6 Å². The van der Waals surface area contributed by atoms with E-state index >= 15 is 0 Å². The molecule has 3 N–H and O–H groups in total. The van der Waals surface area contributed by atoms with Crippen LogP contribution in [-0.4, -0.2) is 38.9 Å². The van der Waals surface area contributed by atoms with Gasteiger partial charge in [0.1, 0.15) is 5.54 Å². The van der Waals surface area contributed by atoms with Crippen molar-refractivity contribution >= 4 is 5.91 Å². The fraction of sp³-hybridized carbons (Fsp3) is 0.562. The number of benzene rings is 1. The Morgan fingerprint density at radius 1 is 1.48 bits per heavy atom. The van der Waals surface area contributed by atoms with Gasteiger partial charge in [0.05, 0.1) is 12.7 Å². The van der Waals surface area contributed by atoms with Gasteiger partial charge in [-0.25, -0.2) is 0 Å². The lowest BCUT2D eigenvalue weighted by atomic mass is 9.86. The van der Waals surface area contributed by atoms with Crippen LogP contribution in [-0.2, 0) is 19.8 Å². The van der Waals surface area contributed by atoms with Gasteiger partial charge in [0.2, 0.25) is 5.91 Å². The van der Waals surface area contributed by atoms with Gasteiger partial charge in [-0.2, -0.15) is 0 Å². The molecule has 0 radical (unpaired) electrons. The monoisotopic (exact) mass is 292 g/mol. The number of hydrogen-bond donors (Lipinski definition) is 2. The van der Waals surface area contributed by atoms with Crippen LogP contribution in [0.4, 0.5) is 0 Å². The molecule has 2 atom stereocenters. The Hall–Kier alpha value is -1.43. The van der Waals surface area contributed by atoms with Gasteiger partial charge >= 0.3 is 0 Å². The number of carbonyl (C=O) groups is 1. The summed E-state index contributed by atoms with van der Waals surface area (Å²) in [6, 6.07) is 9.52. The van der Waals surface area contributed by atoms with E-state index in [4.69, 9.17) is 15.2 Å². The summed E-state index contributed by atoms with van der Waals surface area (Å²) in [6.45, 7) is 1.85. The Labute approximate surface area is 125 Å². The van der Waals surface area contributed by atoms with Crippen molar-refractivity contribution in [2.75, 3.05) is 26.9 Å². The molecule has 1 saturated heterocycles. The van der Waals surface area contributed by atoms with Crippen LogP contribution >= 0.6 is 0 Å². The zero-order valence-corrected chi connectivity index (χ0v) is 12.5. The summed E-state index contributed by atoms with van der Waals surface area (Å²) < 4.78 is 11.2. The summed E-state index contributed by atoms with van der Waals surface area (Å²) >= 11 is 0. The van der Waals surface area contributed by atoms with E-state index < -0.39 is 11.4 Å². The maximum atomic E-state index is 12.0. The molecule has 0 saturated carbocycles. The standard InChI is InChI=1S/C16H24N2O3/c1-18-16(15(17)19,13-6-3-2-4-7-13)9-11-20-12-14-8-5-10-21-14/h2-4,6-7,14,18H,5,8-12H2,1H3,(H2,17,19). The average molecular weight is 292 g/mol. The number of nitrogens with one attached hydrogen (secondary N) is 1. The summed E-state index contributed by atoms with van der Waals surface area (Å²) in [4.78, 5) is 12.0. The van der Waals surface area contributed by atoms with Crippen molar-refractivity contribution < 1.29 is 14.3 Å². The van der Waals surface area contributed by atoms with Gasteiger partial charge in [-0.15, -0.1) is 0 Å². The van der Waals surface area contributed by atoms with Crippen LogP contribution in [0.3, 0.4) is 0 Å². The van der Waals surface area contributed by atoms with E-state index in [-0.39, 0.29) is 6.10 Å². The van der Waals surface area contributed by atoms with Crippen molar-refractivity contribution in [1.82, 2.24) is 5.32 Å². The topological polar surface area (TPSA) is 73.6 Å². The second kappa shape index (κ2) is 7.54. The van der Waals surface area contributed by atoms with Crippen molar-refractivity contribution in [2.24, 2.45) is 5.73 Å². The maximum Gasteiger partial charge on any atom is 0.242 e. The molecule has 21 heavy (non-hydrogen) atoms. The molecule has 5 heteroatoms. The first-order valence-electron chi connectivity index (χ1n) is 7.43. The van der Waals surface area contributed by atoms with E-state index in [9.17, 15) is 4.79 Å². The van der Waals surface area contributed by atoms with Crippen molar-refractivity contribution in [2.45, 2.75) is 30.9 Å². The summed E-state index contributed by atoms with van der Waals surface area (Å²) in [5.74, 6) is -0.392. The fourth-order valence-electron chi connectivity index (χ4n) is 2.74. The molecule has 2 rings (SSSR count). The number of carbonyl (C=O) groups excluding carboxylic acids is 1. The molecule has 1 aromatic rings. The summed E-state index contributed by atoms with van der Waals surface area (Å²) in [5, 5.41) is 3.07. The maximum absolute atomic E-state index is 12.0. The lowest BCUT2D eigenvalue weighted by Gasteiger charge is -2.31. The van der Waals surface area contributed by atoms with Crippen LogP contribution < -0.4 is 11.1 Å². The molecule has 5 nitrogen and oxygen atoms in total. The van der Waals surface area contributed by atoms with Gasteiger partial charge in [-0.05, 0) is 25.5 Å². The van der Waals surface area contributed by atoms with Crippen LogP contribution in [0, 0.1) is 0 Å². The number of amides is 1. The first-order chi connectivity index (χ1) is 10.2. The summed E-state index contributed by atoms with van der Waals surface area (Å²) in [7, 11) is 1.75. The summed E-state index contributed by atoms with van der Waals surface area (Å²) in [5.41, 5.74) is 5.61. The lowest BCUT2D eigenvalue weighted by molar-refractivity contribution is -0.125. The molecule has 1 fully saturated rings. The van der Waals surface area contributed by atoms with E-state index in [0.717, 1.165) is 25.0 Å². The molecule has 1 aromatic carbocycles. The van der Waals surface area contributed by atoms with Crippen LogP contribution in [0.5, 0.6) is 0 Å². The quantitative estimate of drug-likeness (QED) is 0.706. The molecular weight excluding hydrogens is 268 g/mol. The number of likely N-dealkylation sites (N-methyl/N-ethyl adjacent to an activating group) is 1. The SMILES string of the molecule is CNC(CCOCC1CCCO1)(C(N)=O)c1ccccc1. The minimum Gasteiger partial charge on any atom is -0.379 e. The average Bonchev–Trinajstić information content (AvgIpc) is 3.01. The highest BCUT2D eigenvalue weighted by Crippen LogP contribution is 2.24. The Balaban J connectivity index is 1.95. The number of rotatable bonds is 8. The third-order valence-electron chi connectivity index (χ3n) is 4.06. The second-order valence-electron chi connectivity index (χ2n) is 5.35. The highest BCUT2D eigenvalue weighted by molar-refractivity contribution is 5.86. The Morgan fingerprint density at radius 3 is 2.81 bits per heavy atom. The number of ether oxygens (including phenoxy) is 2. The Kier molecular flexibility index (Phi) is 5.73. The minimum atomic E-state index is -0.891. The molecule has 116 valence electrons. The highest BCUT2D eigenvalue weighted by atomic mass is 16.5. The van der Waals surface area contributed by atoms with Crippen LogP contribution in [0.25, 0.3) is 0 Å². The molecule has 0 aromatic heterocycles. The molecule has 2 unspecified atom stereocenters. The second-order valence-corrected chi connectivity index (χ2v) is 5.35. The van der Waals surface area contributed by atoms with E-state index in [1.165, 1.54) is 0 Å². The van der Waals surface area contributed by atoms with Crippen molar-refractivity contribution in [3.63, 3.8) is 0 Å². The van der Waals surface area contributed by atoms with Crippen molar-refractivity contribution in [3.8, 4) is 0 Å². The predicted molar refractivity (Wildman–Crippen MR) is 80.8 cm³/mol. The number of nitrogens with two attached hydrogens (primary N) is 1. The highest BCUT2D eigenvalue weighted by Gasteiger charge is 2.36. The first kappa shape index (κ1) is 15.9. The molecule has 1 aliphatic heterocycles. The van der Waals surface area contributed by atoms with Crippen LogP contribution in [0.2, 0.25) is 0 Å². The van der Waals surface area contributed by atoms with E-state index in [0.29, 0.717) is 19.6 Å². The molecule has 0 bridgehead atoms. The van der Waals surface area contributed by atoms with Crippen LogP contribution in [0.1, 0.15) is 24.8 Å². The third-order valence-corrected chi connectivity index (χ3v) is 4.06. The van der Waals surface area contributed by atoms with Gasteiger partial charge in [0.25, 0.3) is 0 Å². The smallest absolute Gasteiger partial charge is 0.242 e. The normalized spacial score (nSPS) is 21.1. The molecule has 1 aliphatic rings. The molecule has 1 heterocycles. The van der Waals surface area contributed by atoms with Crippen molar-refractivity contribution in [3.05, 3.63) is 35.9 Å². The Morgan fingerprint density at radius 2 is 2.24 bits per heavy atom.